The molecule has 22 heavy (non-hydrogen) atoms. The molecule has 1 rings (SSSR count). The monoisotopic (exact) mass is 400 g/mol. The number of halogens is 4. The molecule has 0 bridgehead atoms. The predicted octanol–water partition coefficient (Wildman–Crippen LogP) is 3.63. The summed E-state index contributed by atoms with van der Waals surface area (Å²) in [6, 6.07) is 0. The van der Waals surface area contributed by atoms with Crippen LogP contribution in [0.3, 0.4) is 0 Å². The molecule has 4 nitrogen and oxygen atoms in total. The predicted molar refractivity (Wildman–Crippen MR) is 87.8 cm³/mol. The number of aromatic nitrogens is 2. The molecule has 0 fully saturated rings. The van der Waals surface area contributed by atoms with E-state index in [1.165, 1.54) is 4.68 Å². The van der Waals surface area contributed by atoms with Crippen molar-refractivity contribution in [2.75, 3.05) is 13.1 Å². The van der Waals surface area contributed by atoms with Crippen LogP contribution in [0.15, 0.2) is 4.47 Å². The van der Waals surface area contributed by atoms with Crippen LogP contribution in [0.1, 0.15) is 37.6 Å². The van der Waals surface area contributed by atoms with Gasteiger partial charge in [0.25, 0.3) is 0 Å². The number of aryl methyl sites for hydroxylation is 1. The molecule has 1 heterocycles. The third kappa shape index (κ3) is 5.75. The van der Waals surface area contributed by atoms with Gasteiger partial charge >= 0.3 is 6.18 Å². The summed E-state index contributed by atoms with van der Waals surface area (Å²) < 4.78 is 39.6. The van der Waals surface area contributed by atoms with Crippen LogP contribution in [0.4, 0.5) is 13.2 Å². The van der Waals surface area contributed by atoms with E-state index in [9.17, 15) is 13.2 Å². The first-order valence-corrected chi connectivity index (χ1v) is 8.29. The van der Waals surface area contributed by atoms with E-state index in [4.69, 9.17) is 12.2 Å². The van der Waals surface area contributed by atoms with Gasteiger partial charge in [0.2, 0.25) is 0 Å². The summed E-state index contributed by atoms with van der Waals surface area (Å²) in [7, 11) is 0. The molecule has 0 aromatic carbocycles. The standard InChI is InChI=1S/C13H20BrF3N4S/c1-3-4-6-18-12(22)19-7-5-8-21-9(2)10(14)11(20-21)13(15,16)17/h3-8H2,1-2H3,(H2,18,19,22). The van der Waals surface area contributed by atoms with E-state index < -0.39 is 11.9 Å². The number of unbranched alkanes of at least 4 members (excludes halogenated alkanes) is 1. The van der Waals surface area contributed by atoms with E-state index in [0.717, 1.165) is 19.4 Å². The number of thiocarbonyl (C=S) groups is 1. The second-order valence-electron chi connectivity index (χ2n) is 4.86. The molecule has 0 saturated heterocycles. The molecule has 2 N–H and O–H groups in total. The Morgan fingerprint density at radius 1 is 1.27 bits per heavy atom. The summed E-state index contributed by atoms with van der Waals surface area (Å²) in [4.78, 5) is 0. The zero-order chi connectivity index (χ0) is 16.8. The highest BCUT2D eigenvalue weighted by molar-refractivity contribution is 9.10. The van der Waals surface area contributed by atoms with Crippen LogP contribution in [0.2, 0.25) is 0 Å². The highest BCUT2D eigenvalue weighted by atomic mass is 79.9. The molecule has 1 aromatic heterocycles. The smallest absolute Gasteiger partial charge is 0.363 e. The highest BCUT2D eigenvalue weighted by Crippen LogP contribution is 2.35. The van der Waals surface area contributed by atoms with Gasteiger partial charge in [-0.3, -0.25) is 4.68 Å². The zero-order valence-corrected chi connectivity index (χ0v) is 15.0. The van der Waals surface area contributed by atoms with Gasteiger partial charge in [0.15, 0.2) is 10.8 Å². The number of hydrogen-bond acceptors (Lipinski definition) is 2. The molecular weight excluding hydrogens is 381 g/mol. The van der Waals surface area contributed by atoms with E-state index in [0.29, 0.717) is 30.3 Å². The Bertz CT molecular complexity index is 502. The van der Waals surface area contributed by atoms with Gasteiger partial charge in [0.05, 0.1) is 10.2 Å². The Morgan fingerprint density at radius 2 is 1.86 bits per heavy atom. The van der Waals surface area contributed by atoms with E-state index in [1.54, 1.807) is 6.92 Å². The molecule has 126 valence electrons. The van der Waals surface area contributed by atoms with Gasteiger partial charge in [-0.25, -0.2) is 0 Å². The number of rotatable bonds is 7. The van der Waals surface area contributed by atoms with Crippen LogP contribution in [-0.2, 0) is 12.7 Å². The SMILES string of the molecule is CCCCNC(=S)NCCCn1nc(C(F)(F)F)c(Br)c1C. The molecule has 0 saturated carbocycles. The largest absolute Gasteiger partial charge is 0.436 e. The van der Waals surface area contributed by atoms with Crippen LogP contribution in [0, 0.1) is 6.92 Å². The van der Waals surface area contributed by atoms with Crippen molar-refractivity contribution < 1.29 is 13.2 Å². The topological polar surface area (TPSA) is 41.9 Å². The summed E-state index contributed by atoms with van der Waals surface area (Å²) in [5, 5.41) is 10.3. The Labute approximate surface area is 142 Å². The molecule has 0 unspecified atom stereocenters. The van der Waals surface area contributed by atoms with Crippen molar-refractivity contribution in [3.63, 3.8) is 0 Å². The molecule has 0 atom stereocenters. The Balaban J connectivity index is 2.41. The molecule has 0 aliphatic rings. The lowest BCUT2D eigenvalue weighted by Crippen LogP contribution is -2.36. The lowest BCUT2D eigenvalue weighted by atomic mass is 10.3. The average Bonchev–Trinajstić information content (AvgIpc) is 2.72. The fourth-order valence-corrected chi connectivity index (χ4v) is 2.51. The van der Waals surface area contributed by atoms with Crippen LogP contribution < -0.4 is 10.6 Å². The molecule has 1 aromatic rings. The van der Waals surface area contributed by atoms with Gasteiger partial charge in [0, 0.05) is 19.6 Å². The molecule has 9 heteroatoms. The van der Waals surface area contributed by atoms with Gasteiger partial charge in [0.1, 0.15) is 0 Å². The van der Waals surface area contributed by atoms with Crippen molar-refractivity contribution in [3.05, 3.63) is 15.9 Å². The van der Waals surface area contributed by atoms with Crippen molar-refractivity contribution in [1.82, 2.24) is 20.4 Å². The first kappa shape index (κ1) is 19.2. The molecular formula is C13H20BrF3N4S. The summed E-state index contributed by atoms with van der Waals surface area (Å²) >= 11 is 8.05. The van der Waals surface area contributed by atoms with Gasteiger partial charge in [-0.1, -0.05) is 13.3 Å². The van der Waals surface area contributed by atoms with Crippen LogP contribution in [0.5, 0.6) is 0 Å². The van der Waals surface area contributed by atoms with Crippen molar-refractivity contribution in [1.29, 1.82) is 0 Å². The van der Waals surface area contributed by atoms with Crippen LogP contribution in [-0.4, -0.2) is 28.0 Å². The van der Waals surface area contributed by atoms with Crippen molar-refractivity contribution in [3.8, 4) is 0 Å². The minimum Gasteiger partial charge on any atom is -0.363 e. The average molecular weight is 401 g/mol. The second-order valence-corrected chi connectivity index (χ2v) is 6.06. The first-order chi connectivity index (χ1) is 10.3. The summed E-state index contributed by atoms with van der Waals surface area (Å²) in [6.07, 6.45) is -1.69. The van der Waals surface area contributed by atoms with Crippen molar-refractivity contribution in [2.45, 2.75) is 45.8 Å². The number of hydrogen-bond donors (Lipinski definition) is 2. The maximum atomic E-state index is 12.7. The highest BCUT2D eigenvalue weighted by Gasteiger charge is 2.37. The van der Waals surface area contributed by atoms with Crippen LogP contribution >= 0.6 is 28.1 Å². The van der Waals surface area contributed by atoms with E-state index in [1.807, 2.05) is 0 Å². The Hall–Kier alpha value is -0.830. The van der Waals surface area contributed by atoms with Gasteiger partial charge in [-0.2, -0.15) is 18.3 Å². The fraction of sp³-hybridized carbons (Fsp3) is 0.692. The number of alkyl halides is 3. The normalized spacial score (nSPS) is 11.5. The third-order valence-electron chi connectivity index (χ3n) is 3.05. The fourth-order valence-electron chi connectivity index (χ4n) is 1.80. The van der Waals surface area contributed by atoms with E-state index in [-0.39, 0.29) is 4.47 Å². The summed E-state index contributed by atoms with van der Waals surface area (Å²) in [6.45, 7) is 5.50. The molecule has 0 radical (unpaired) electrons. The Kier molecular flexibility index (Phi) is 7.61. The first-order valence-electron chi connectivity index (χ1n) is 7.09. The maximum absolute atomic E-state index is 12.7. The number of nitrogens with one attached hydrogen (secondary N) is 2. The molecule has 0 spiro atoms. The van der Waals surface area contributed by atoms with E-state index >= 15 is 0 Å². The van der Waals surface area contributed by atoms with Gasteiger partial charge in [-0.15, -0.1) is 0 Å². The lowest BCUT2D eigenvalue weighted by molar-refractivity contribution is -0.142. The van der Waals surface area contributed by atoms with Crippen molar-refractivity contribution in [2.24, 2.45) is 0 Å². The second kappa shape index (κ2) is 8.71. The third-order valence-corrected chi connectivity index (χ3v) is 4.29. The zero-order valence-electron chi connectivity index (χ0n) is 12.6. The lowest BCUT2D eigenvalue weighted by Gasteiger charge is -2.10. The van der Waals surface area contributed by atoms with Crippen LogP contribution in [0.25, 0.3) is 0 Å². The molecule has 0 amide bonds. The molecule has 0 aliphatic heterocycles. The number of nitrogens with zero attached hydrogens (tertiary/aromatic N) is 2. The summed E-state index contributed by atoms with van der Waals surface area (Å²) in [5.74, 6) is 0. The molecule has 0 aliphatic carbocycles. The quantitative estimate of drug-likeness (QED) is 0.541. The minimum absolute atomic E-state index is 0.00436. The Morgan fingerprint density at radius 3 is 2.36 bits per heavy atom. The summed E-state index contributed by atoms with van der Waals surface area (Å²) in [5.41, 5.74) is -0.411. The van der Waals surface area contributed by atoms with E-state index in [2.05, 4.69) is 38.6 Å². The van der Waals surface area contributed by atoms with Crippen molar-refractivity contribution >= 4 is 33.3 Å². The van der Waals surface area contributed by atoms with Gasteiger partial charge < -0.3 is 10.6 Å². The maximum Gasteiger partial charge on any atom is 0.436 e. The van der Waals surface area contributed by atoms with Gasteiger partial charge in [-0.05, 0) is 47.9 Å². The minimum atomic E-state index is -4.45.